The number of nitrogens with two attached hydrogens (primary N) is 1. The molecule has 0 amide bonds. The maximum atomic E-state index is 11.3. The van der Waals surface area contributed by atoms with Crippen LogP contribution in [0.2, 0.25) is 0 Å². The van der Waals surface area contributed by atoms with E-state index in [1.165, 1.54) is 11.3 Å². The smallest absolute Gasteiger partial charge is 0.193 e. The summed E-state index contributed by atoms with van der Waals surface area (Å²) in [5, 5.41) is 6.10. The van der Waals surface area contributed by atoms with Crippen LogP contribution in [0.5, 0.6) is 11.5 Å². The molecule has 164 valence electrons. The van der Waals surface area contributed by atoms with Crippen LogP contribution in [0.3, 0.4) is 0 Å². The summed E-state index contributed by atoms with van der Waals surface area (Å²) in [5.41, 5.74) is 8.03. The summed E-state index contributed by atoms with van der Waals surface area (Å²) in [7, 11) is 0. The van der Waals surface area contributed by atoms with Crippen LogP contribution in [-0.2, 0) is 9.63 Å². The number of nitrogens with one attached hydrogen (secondary N) is 1. The Kier molecular flexibility index (Phi) is 5.65. The summed E-state index contributed by atoms with van der Waals surface area (Å²) in [4.78, 5) is 21.5. The molecular formula is C25H20N4O3S. The van der Waals surface area contributed by atoms with Crippen molar-refractivity contribution in [2.24, 2.45) is 0 Å². The lowest BCUT2D eigenvalue weighted by molar-refractivity contribution is -0.107. The van der Waals surface area contributed by atoms with Crippen LogP contribution in [-0.4, -0.2) is 11.3 Å². The molecule has 3 aromatic carbocycles. The molecule has 33 heavy (non-hydrogen) atoms. The normalized spacial score (nSPS) is 15.0. The Balaban J connectivity index is 1.33. The predicted molar refractivity (Wildman–Crippen MR) is 130 cm³/mol. The number of anilines is 4. The number of aromatic nitrogens is 1. The van der Waals surface area contributed by atoms with E-state index >= 15 is 0 Å². The third kappa shape index (κ3) is 4.51. The molecular weight excluding hydrogens is 436 g/mol. The van der Waals surface area contributed by atoms with E-state index in [1.54, 1.807) is 11.1 Å². The van der Waals surface area contributed by atoms with Gasteiger partial charge in [-0.3, -0.25) is 4.79 Å². The van der Waals surface area contributed by atoms with Gasteiger partial charge < -0.3 is 20.6 Å². The van der Waals surface area contributed by atoms with Gasteiger partial charge in [-0.2, -0.15) is 5.06 Å². The minimum absolute atomic E-state index is 0.236. The highest BCUT2D eigenvalue weighted by molar-refractivity contribution is 7.20. The van der Waals surface area contributed by atoms with Crippen molar-refractivity contribution in [3.05, 3.63) is 102 Å². The zero-order valence-corrected chi connectivity index (χ0v) is 18.2. The number of hydroxylamine groups is 1. The largest absolute Gasteiger partial charge is 0.457 e. The maximum absolute atomic E-state index is 11.3. The van der Waals surface area contributed by atoms with E-state index in [-0.39, 0.29) is 11.8 Å². The Bertz CT molecular complexity index is 1270. The predicted octanol–water partition coefficient (Wildman–Crippen LogP) is 5.84. The lowest BCUT2D eigenvalue weighted by Crippen LogP contribution is -2.22. The van der Waals surface area contributed by atoms with Crippen molar-refractivity contribution < 1.29 is 14.4 Å². The van der Waals surface area contributed by atoms with E-state index < -0.39 is 0 Å². The molecule has 0 fully saturated rings. The lowest BCUT2D eigenvalue weighted by atomic mass is 10.1. The monoisotopic (exact) mass is 456 g/mol. The van der Waals surface area contributed by atoms with Crippen LogP contribution in [0, 0.1) is 0 Å². The molecule has 0 bridgehead atoms. The first-order valence-electron chi connectivity index (χ1n) is 10.2. The number of hydrogen-bond acceptors (Lipinski definition) is 8. The number of allylic oxidation sites excluding steroid dienone is 1. The number of nitrogen functional groups attached to an aromatic ring is 1. The number of thiazole rings is 1. The molecule has 1 aliphatic heterocycles. The second-order valence-electron chi connectivity index (χ2n) is 7.23. The molecule has 1 aromatic heterocycles. The molecule has 0 saturated heterocycles. The molecule has 2 heterocycles. The van der Waals surface area contributed by atoms with Crippen LogP contribution in [0.25, 0.3) is 0 Å². The van der Waals surface area contributed by atoms with Crippen LogP contribution in [0.4, 0.5) is 21.6 Å². The van der Waals surface area contributed by atoms with Crippen molar-refractivity contribution in [2.75, 3.05) is 16.1 Å². The lowest BCUT2D eigenvalue weighted by Gasteiger charge is -2.23. The molecule has 3 N–H and O–H groups in total. The highest BCUT2D eigenvalue weighted by atomic mass is 32.1. The van der Waals surface area contributed by atoms with Gasteiger partial charge in [0.2, 0.25) is 0 Å². The molecule has 0 aliphatic carbocycles. The number of benzene rings is 3. The summed E-state index contributed by atoms with van der Waals surface area (Å²) in [5.74, 6) is 2.06. The molecule has 4 aromatic rings. The number of ether oxygens (including phenoxy) is 1. The van der Waals surface area contributed by atoms with E-state index in [2.05, 4.69) is 10.3 Å². The summed E-state index contributed by atoms with van der Waals surface area (Å²) in [6.45, 7) is 0. The fourth-order valence-corrected chi connectivity index (χ4v) is 4.31. The molecule has 7 nitrogen and oxygen atoms in total. The third-order valence-corrected chi connectivity index (χ3v) is 5.92. The topological polar surface area (TPSA) is 89.7 Å². The van der Waals surface area contributed by atoms with Crippen molar-refractivity contribution in [2.45, 2.75) is 6.04 Å². The Labute approximate surface area is 194 Å². The van der Waals surface area contributed by atoms with Gasteiger partial charge in [0.1, 0.15) is 17.5 Å². The molecule has 1 unspecified atom stereocenters. The number of rotatable bonds is 7. The average Bonchev–Trinajstić information content (AvgIpc) is 3.44. The minimum Gasteiger partial charge on any atom is -0.457 e. The Morgan fingerprint density at radius 2 is 1.64 bits per heavy atom. The first kappa shape index (κ1) is 20.6. The van der Waals surface area contributed by atoms with E-state index in [4.69, 9.17) is 15.3 Å². The molecule has 1 aliphatic rings. The maximum Gasteiger partial charge on any atom is 0.193 e. The Hall–Kier alpha value is -4.30. The summed E-state index contributed by atoms with van der Waals surface area (Å²) < 4.78 is 5.83. The molecule has 0 saturated carbocycles. The third-order valence-electron chi connectivity index (χ3n) is 4.95. The summed E-state index contributed by atoms with van der Waals surface area (Å²) in [6, 6.07) is 26.6. The highest BCUT2D eigenvalue weighted by Gasteiger charge is 2.32. The Morgan fingerprint density at radius 3 is 2.33 bits per heavy atom. The Morgan fingerprint density at radius 1 is 0.970 bits per heavy atom. The van der Waals surface area contributed by atoms with Crippen LogP contribution in [0.15, 0.2) is 96.8 Å². The number of hydrogen-bond donors (Lipinski definition) is 2. The van der Waals surface area contributed by atoms with Gasteiger partial charge in [-0.15, -0.1) is 0 Å². The number of carbonyl (C=O) groups excluding carboxylic acids is 1. The molecule has 1 atom stereocenters. The zero-order valence-electron chi connectivity index (χ0n) is 17.4. The van der Waals surface area contributed by atoms with Crippen molar-refractivity contribution in [3.63, 3.8) is 0 Å². The molecule has 0 spiro atoms. The second-order valence-corrected chi connectivity index (χ2v) is 8.21. The van der Waals surface area contributed by atoms with Crippen molar-refractivity contribution in [1.82, 2.24) is 4.98 Å². The zero-order chi connectivity index (χ0) is 22.6. The van der Waals surface area contributed by atoms with Crippen molar-refractivity contribution in [3.8, 4) is 11.5 Å². The highest BCUT2D eigenvalue weighted by Crippen LogP contribution is 2.43. The first-order valence-corrected chi connectivity index (χ1v) is 11.1. The minimum atomic E-state index is -0.281. The second kappa shape index (κ2) is 9.05. The van der Waals surface area contributed by atoms with Gasteiger partial charge in [-0.25, -0.2) is 4.98 Å². The van der Waals surface area contributed by atoms with Crippen LogP contribution in [0.1, 0.15) is 11.6 Å². The van der Waals surface area contributed by atoms with Gasteiger partial charge in [-0.05, 0) is 48.0 Å². The average molecular weight is 457 g/mol. The van der Waals surface area contributed by atoms with Crippen LogP contribution >= 0.6 is 11.3 Å². The fraction of sp³-hybridized carbons (Fsp3) is 0.0400. The van der Waals surface area contributed by atoms with Gasteiger partial charge >= 0.3 is 0 Å². The first-order chi connectivity index (χ1) is 16.2. The van der Waals surface area contributed by atoms with Crippen molar-refractivity contribution in [1.29, 1.82) is 0 Å². The summed E-state index contributed by atoms with van der Waals surface area (Å²) >= 11 is 1.34. The quantitative estimate of drug-likeness (QED) is 0.338. The van der Waals surface area contributed by atoms with Gasteiger partial charge in [0, 0.05) is 5.69 Å². The van der Waals surface area contributed by atoms with Crippen LogP contribution < -0.4 is 20.9 Å². The van der Waals surface area contributed by atoms with Gasteiger partial charge in [0.25, 0.3) is 0 Å². The van der Waals surface area contributed by atoms with Gasteiger partial charge in [-0.1, -0.05) is 59.9 Å². The number of aldehydes is 1. The van der Waals surface area contributed by atoms with Gasteiger partial charge in [0.05, 0.1) is 0 Å². The van der Waals surface area contributed by atoms with E-state index in [0.717, 1.165) is 22.7 Å². The standard InChI is InChI=1S/C25H20N4O3S/c26-23-24(29-22(15-21(16-30)32-29)17-7-3-1-4-8-17)33-25(28-23)27-18-11-13-20(14-12-18)31-19-9-5-2-6-10-19/h1-16,22H,26H2,(H,27,28). The number of para-hydroxylation sites is 1. The van der Waals surface area contributed by atoms with E-state index in [0.29, 0.717) is 22.2 Å². The van der Waals surface area contributed by atoms with Crippen molar-refractivity contribution >= 4 is 39.3 Å². The molecule has 0 radical (unpaired) electrons. The summed E-state index contributed by atoms with van der Waals surface area (Å²) in [6.07, 6.45) is 2.45. The number of carbonyl (C=O) groups is 1. The number of nitrogens with zero attached hydrogens (tertiary/aromatic N) is 2. The van der Waals surface area contributed by atoms with E-state index in [9.17, 15) is 4.79 Å². The SMILES string of the molecule is Nc1nc(Nc2ccc(Oc3ccccc3)cc2)sc1N1OC(C=O)=CC1c1ccccc1. The molecule has 8 heteroatoms. The molecule has 5 rings (SSSR count). The fourth-order valence-electron chi connectivity index (χ4n) is 3.42. The van der Waals surface area contributed by atoms with Gasteiger partial charge in [0.15, 0.2) is 28.0 Å². The van der Waals surface area contributed by atoms with E-state index in [1.807, 2.05) is 84.9 Å².